The third kappa shape index (κ3) is 4.21. The van der Waals surface area contributed by atoms with Gasteiger partial charge in [-0.1, -0.05) is 29.3 Å². The first-order chi connectivity index (χ1) is 17.7. The number of nitrogens with one attached hydrogen (secondary N) is 1. The molecule has 8 nitrogen and oxygen atoms in total. The van der Waals surface area contributed by atoms with Crippen molar-refractivity contribution < 1.29 is 4.55 Å². The van der Waals surface area contributed by atoms with Crippen LogP contribution in [0.1, 0.15) is 45.3 Å². The van der Waals surface area contributed by atoms with Crippen LogP contribution in [-0.4, -0.2) is 46.5 Å². The van der Waals surface area contributed by atoms with Crippen LogP contribution in [0, 0.1) is 5.41 Å². The average molecular weight is 559 g/mol. The Morgan fingerprint density at radius 3 is 2.65 bits per heavy atom. The first kappa shape index (κ1) is 25.0. The normalized spacial score (nSPS) is 20.1. The molecule has 4 aromatic rings. The van der Waals surface area contributed by atoms with Crippen LogP contribution in [-0.2, 0) is 17.9 Å². The lowest BCUT2D eigenvalue weighted by Gasteiger charge is -2.43. The summed E-state index contributed by atoms with van der Waals surface area (Å²) < 4.78 is 20.3. The molecule has 1 fully saturated rings. The second-order valence-corrected chi connectivity index (χ2v) is 13.7. The average Bonchev–Trinajstić information content (AvgIpc) is 3.56. The number of hydrogen-bond donors (Lipinski definition) is 1. The van der Waals surface area contributed by atoms with Crippen molar-refractivity contribution >= 4 is 45.9 Å². The number of aromatic nitrogens is 5. The highest BCUT2D eigenvalue weighted by molar-refractivity contribution is 7.90. The van der Waals surface area contributed by atoms with Crippen molar-refractivity contribution in [3.8, 4) is 11.4 Å². The van der Waals surface area contributed by atoms with Crippen molar-refractivity contribution in [3.63, 3.8) is 0 Å². The molecular weight excluding hydrogens is 529 g/mol. The summed E-state index contributed by atoms with van der Waals surface area (Å²) in [5, 5.41) is 5.53. The fourth-order valence-electron chi connectivity index (χ4n) is 5.54. The Labute approximate surface area is 229 Å². The number of imidazole rings is 1. The topological polar surface area (TPSA) is 86.3 Å². The van der Waals surface area contributed by atoms with E-state index in [1.807, 2.05) is 55.9 Å². The zero-order chi connectivity index (χ0) is 25.9. The Kier molecular flexibility index (Phi) is 6.19. The number of rotatable bonds is 4. The lowest BCUT2D eigenvalue weighted by atomic mass is 9.73. The largest absolute Gasteiger partial charge is 0.598 e. The van der Waals surface area contributed by atoms with Gasteiger partial charge in [0, 0.05) is 60.6 Å². The molecule has 6 rings (SSSR count). The van der Waals surface area contributed by atoms with Crippen molar-refractivity contribution in [1.29, 1.82) is 0 Å². The molecule has 11 heteroatoms. The molecule has 0 radical (unpaired) electrons. The monoisotopic (exact) mass is 557 g/mol. The molecule has 5 heterocycles. The molecule has 2 aliphatic heterocycles. The maximum absolute atomic E-state index is 13.1. The molecule has 0 amide bonds. The minimum absolute atomic E-state index is 0.00694. The highest BCUT2D eigenvalue weighted by atomic mass is 35.5. The van der Waals surface area contributed by atoms with Crippen molar-refractivity contribution in [2.75, 3.05) is 18.0 Å². The SMILES string of the molecule is CC(C)(C)[S@@+]([O-])N[C@@H]1c2ccnn2CC12CCN(c1nccn3c(-c4cccc(Cl)c4Cl)ncc13)CC2. The van der Waals surface area contributed by atoms with Gasteiger partial charge >= 0.3 is 0 Å². The molecule has 37 heavy (non-hydrogen) atoms. The predicted octanol–water partition coefficient (Wildman–Crippen LogP) is 5.29. The minimum Gasteiger partial charge on any atom is -0.598 e. The van der Waals surface area contributed by atoms with E-state index >= 15 is 0 Å². The number of piperidine rings is 1. The van der Waals surface area contributed by atoms with Crippen molar-refractivity contribution in [2.45, 2.75) is 50.9 Å². The fraction of sp³-hybridized carbons (Fsp3) is 0.423. The van der Waals surface area contributed by atoms with Crippen LogP contribution in [0.25, 0.3) is 16.9 Å². The summed E-state index contributed by atoms with van der Waals surface area (Å²) in [6.45, 7) is 8.48. The summed E-state index contributed by atoms with van der Waals surface area (Å²) in [7, 11) is 0. The Bertz CT molecular complexity index is 1450. The maximum atomic E-state index is 13.1. The van der Waals surface area contributed by atoms with Crippen LogP contribution in [0.2, 0.25) is 10.0 Å². The lowest BCUT2D eigenvalue weighted by molar-refractivity contribution is 0.160. The Morgan fingerprint density at radius 2 is 1.89 bits per heavy atom. The fourth-order valence-corrected chi connectivity index (χ4v) is 6.86. The highest BCUT2D eigenvalue weighted by Gasteiger charge is 2.51. The van der Waals surface area contributed by atoms with Gasteiger partial charge < -0.3 is 9.45 Å². The van der Waals surface area contributed by atoms with E-state index < -0.39 is 11.4 Å². The standard InChI is InChI=1S/C26H29Cl2N7OS/c1-25(2,3)37(36)32-22-19-7-10-31-35(19)16-26(22)8-12-33(13-9-26)24-20-15-30-23(34(20)14-11-29-24)17-5-4-6-18(27)21(17)28/h4-7,10-11,14-15,22,32H,8-9,12-13,16H2,1-3H3/t22-,37-/m1/s1. The third-order valence-electron chi connectivity index (χ3n) is 7.59. The van der Waals surface area contributed by atoms with Gasteiger partial charge in [0.2, 0.25) is 0 Å². The van der Waals surface area contributed by atoms with Gasteiger partial charge in [0.15, 0.2) is 5.82 Å². The van der Waals surface area contributed by atoms with Crippen molar-refractivity contribution in [2.24, 2.45) is 5.41 Å². The van der Waals surface area contributed by atoms with E-state index in [0.717, 1.165) is 60.9 Å². The second kappa shape index (κ2) is 9.17. The molecule has 3 aromatic heterocycles. The predicted molar refractivity (Wildman–Crippen MR) is 148 cm³/mol. The first-order valence-electron chi connectivity index (χ1n) is 12.4. The van der Waals surface area contributed by atoms with Crippen LogP contribution in [0.5, 0.6) is 0 Å². The zero-order valence-electron chi connectivity index (χ0n) is 21.0. The summed E-state index contributed by atoms with van der Waals surface area (Å²) in [6, 6.07) is 7.61. The molecule has 0 unspecified atom stereocenters. The van der Waals surface area contributed by atoms with Crippen LogP contribution in [0.15, 0.2) is 49.1 Å². The van der Waals surface area contributed by atoms with Gasteiger partial charge in [-0.15, -0.1) is 4.72 Å². The van der Waals surface area contributed by atoms with Crippen LogP contribution < -0.4 is 9.62 Å². The molecule has 1 spiro atoms. The van der Waals surface area contributed by atoms with Crippen molar-refractivity contribution in [3.05, 3.63) is 64.8 Å². The quantitative estimate of drug-likeness (QED) is 0.343. The van der Waals surface area contributed by atoms with Gasteiger partial charge in [0.25, 0.3) is 0 Å². The van der Waals surface area contributed by atoms with E-state index in [1.54, 1.807) is 12.3 Å². The first-order valence-corrected chi connectivity index (χ1v) is 14.3. The third-order valence-corrected chi connectivity index (χ3v) is 9.97. The zero-order valence-corrected chi connectivity index (χ0v) is 23.3. The molecule has 0 aliphatic carbocycles. The second-order valence-electron chi connectivity index (χ2n) is 10.9. The van der Waals surface area contributed by atoms with Gasteiger partial charge in [-0.05, 0) is 51.8 Å². The van der Waals surface area contributed by atoms with E-state index in [1.165, 1.54) is 0 Å². The van der Waals surface area contributed by atoms with Gasteiger partial charge in [-0.2, -0.15) is 5.10 Å². The molecule has 1 N–H and O–H groups in total. The summed E-state index contributed by atoms with van der Waals surface area (Å²) in [6.07, 6.45) is 9.25. The summed E-state index contributed by atoms with van der Waals surface area (Å²) in [5.74, 6) is 1.63. The summed E-state index contributed by atoms with van der Waals surface area (Å²) in [4.78, 5) is 11.7. The van der Waals surface area contributed by atoms with E-state index in [-0.39, 0.29) is 16.2 Å². The van der Waals surface area contributed by atoms with Gasteiger partial charge in [-0.25, -0.2) is 9.97 Å². The van der Waals surface area contributed by atoms with E-state index in [4.69, 9.17) is 28.2 Å². The van der Waals surface area contributed by atoms with Crippen LogP contribution >= 0.6 is 23.2 Å². The summed E-state index contributed by atoms with van der Waals surface area (Å²) in [5.41, 5.74) is 2.77. The van der Waals surface area contributed by atoms with Gasteiger partial charge in [-0.3, -0.25) is 9.08 Å². The summed E-state index contributed by atoms with van der Waals surface area (Å²) >= 11 is 11.6. The number of fused-ring (bicyclic) bond motifs is 2. The molecule has 2 atom stereocenters. The molecule has 1 saturated heterocycles. The van der Waals surface area contributed by atoms with Crippen LogP contribution in [0.3, 0.4) is 0 Å². The smallest absolute Gasteiger partial charge is 0.154 e. The van der Waals surface area contributed by atoms with Gasteiger partial charge in [0.1, 0.15) is 22.1 Å². The number of nitrogens with zero attached hydrogens (tertiary/aromatic N) is 6. The maximum Gasteiger partial charge on any atom is 0.154 e. The molecule has 2 aliphatic rings. The van der Waals surface area contributed by atoms with E-state index in [2.05, 4.69) is 30.5 Å². The van der Waals surface area contributed by atoms with E-state index in [0.29, 0.717) is 10.0 Å². The molecule has 0 saturated carbocycles. The van der Waals surface area contributed by atoms with E-state index in [9.17, 15) is 4.55 Å². The number of benzene rings is 1. The molecular formula is C26H29Cl2N7OS. The number of hydrogen-bond acceptors (Lipinski definition) is 6. The molecule has 1 aromatic carbocycles. The van der Waals surface area contributed by atoms with Gasteiger partial charge in [0.05, 0.1) is 21.9 Å². The lowest BCUT2D eigenvalue weighted by Crippen LogP contribution is -2.50. The molecule has 0 bridgehead atoms. The van der Waals surface area contributed by atoms with Crippen LogP contribution in [0.4, 0.5) is 5.82 Å². The number of halogens is 2. The number of anilines is 1. The Balaban J connectivity index is 1.28. The van der Waals surface area contributed by atoms with Crippen molar-refractivity contribution in [1.82, 2.24) is 28.9 Å². The minimum atomic E-state index is -1.18. The Hall–Kier alpha value is -2.30. The highest BCUT2D eigenvalue weighted by Crippen LogP contribution is 2.50. The molecule has 194 valence electrons. The Morgan fingerprint density at radius 1 is 1.11 bits per heavy atom.